The van der Waals surface area contributed by atoms with E-state index >= 15 is 0 Å². The van der Waals surface area contributed by atoms with E-state index in [2.05, 4.69) is 10.1 Å². The van der Waals surface area contributed by atoms with Crippen molar-refractivity contribution in [3.8, 4) is 5.75 Å². The lowest BCUT2D eigenvalue weighted by Gasteiger charge is -2.07. The predicted molar refractivity (Wildman–Crippen MR) is 46.6 cm³/mol. The van der Waals surface area contributed by atoms with Crippen molar-refractivity contribution in [2.24, 2.45) is 5.14 Å². The Morgan fingerprint density at radius 3 is 2.40 bits per heavy atom. The molecule has 1 rings (SSSR count). The molecule has 0 saturated heterocycles. The number of rotatable bonds is 2. The minimum atomic E-state index is -4.28. The number of pyridine rings is 1. The molecule has 1 aromatic rings. The maximum absolute atomic E-state index is 12.2. The molecule has 0 fully saturated rings. The first kappa shape index (κ1) is 11.6. The van der Waals surface area contributed by atoms with Crippen LogP contribution in [-0.2, 0) is 10.0 Å². The molecule has 1 heterocycles. The first-order chi connectivity index (χ1) is 6.73. The van der Waals surface area contributed by atoms with Gasteiger partial charge < -0.3 is 10.8 Å². The summed E-state index contributed by atoms with van der Waals surface area (Å²) in [5.41, 5.74) is 4.32. The molecular formula is C6H7F2N3O3S. The van der Waals surface area contributed by atoms with Crippen LogP contribution >= 0.6 is 0 Å². The number of alkyl halides is 2. The van der Waals surface area contributed by atoms with E-state index in [1.807, 2.05) is 0 Å². The van der Waals surface area contributed by atoms with Gasteiger partial charge in [0.1, 0.15) is 5.82 Å². The summed E-state index contributed by atoms with van der Waals surface area (Å²) in [7, 11) is -4.28. The molecule has 84 valence electrons. The summed E-state index contributed by atoms with van der Waals surface area (Å²) in [4.78, 5) is 3.10. The molecule has 15 heavy (non-hydrogen) atoms. The van der Waals surface area contributed by atoms with Crippen LogP contribution in [0.3, 0.4) is 0 Å². The highest BCUT2D eigenvalue weighted by Crippen LogP contribution is 2.30. The zero-order valence-electron chi connectivity index (χ0n) is 7.18. The van der Waals surface area contributed by atoms with Crippen LogP contribution in [0.1, 0.15) is 12.0 Å². The van der Waals surface area contributed by atoms with Gasteiger partial charge in [-0.1, -0.05) is 0 Å². The molecule has 0 amide bonds. The Morgan fingerprint density at radius 1 is 1.47 bits per heavy atom. The van der Waals surface area contributed by atoms with Crippen LogP contribution in [0, 0.1) is 0 Å². The van der Waals surface area contributed by atoms with Gasteiger partial charge in [0.25, 0.3) is 16.4 Å². The van der Waals surface area contributed by atoms with Crippen LogP contribution in [0.25, 0.3) is 0 Å². The van der Waals surface area contributed by atoms with E-state index in [1.165, 1.54) is 0 Å². The predicted octanol–water partition coefficient (Wildman–Crippen LogP) is -0.0456. The SMILES string of the molecule is Nc1nc(S(N)(=O)=O)c(O)cc1C(F)F. The third-order valence-corrected chi connectivity index (χ3v) is 2.37. The van der Waals surface area contributed by atoms with E-state index < -0.39 is 38.6 Å². The normalized spacial score (nSPS) is 12.0. The second-order valence-corrected chi connectivity index (χ2v) is 4.11. The maximum Gasteiger partial charge on any atom is 0.267 e. The van der Waals surface area contributed by atoms with E-state index in [0.717, 1.165) is 0 Å². The van der Waals surface area contributed by atoms with Crippen molar-refractivity contribution in [1.29, 1.82) is 0 Å². The molecule has 0 bridgehead atoms. The summed E-state index contributed by atoms with van der Waals surface area (Å²) in [6, 6.07) is 0.521. The third kappa shape index (κ3) is 2.30. The average molecular weight is 239 g/mol. The van der Waals surface area contributed by atoms with E-state index in [4.69, 9.17) is 10.8 Å². The number of nitrogens with zero attached hydrogens (tertiary/aromatic N) is 1. The van der Waals surface area contributed by atoms with Gasteiger partial charge in [-0.3, -0.25) is 0 Å². The van der Waals surface area contributed by atoms with Crippen molar-refractivity contribution < 1.29 is 22.3 Å². The average Bonchev–Trinajstić information content (AvgIpc) is 2.06. The minimum absolute atomic E-state index is 0.521. The molecule has 1 aromatic heterocycles. The molecule has 6 nitrogen and oxygen atoms in total. The van der Waals surface area contributed by atoms with Gasteiger partial charge in [-0.05, 0) is 6.07 Å². The number of anilines is 1. The number of sulfonamides is 1. The molecule has 0 aromatic carbocycles. The minimum Gasteiger partial charge on any atom is -0.505 e. The summed E-state index contributed by atoms with van der Waals surface area (Å²) >= 11 is 0. The molecule has 0 spiro atoms. The molecule has 0 unspecified atom stereocenters. The van der Waals surface area contributed by atoms with Crippen molar-refractivity contribution in [1.82, 2.24) is 4.98 Å². The zero-order chi connectivity index (χ0) is 11.8. The van der Waals surface area contributed by atoms with Crippen molar-refractivity contribution in [2.45, 2.75) is 11.5 Å². The van der Waals surface area contributed by atoms with E-state index in [9.17, 15) is 17.2 Å². The van der Waals surface area contributed by atoms with E-state index in [0.29, 0.717) is 6.07 Å². The van der Waals surface area contributed by atoms with Crippen LogP contribution in [0.15, 0.2) is 11.1 Å². The standard InChI is InChI=1S/C6H7F2N3O3S/c7-4(8)2-1-3(12)6(11-5(2)9)15(10,13)14/h1,4,12H,(H2,9,11)(H2,10,13,14). The molecule has 0 radical (unpaired) electrons. The summed E-state index contributed by atoms with van der Waals surface area (Å²) in [6.45, 7) is 0. The van der Waals surface area contributed by atoms with Gasteiger partial charge in [0.05, 0.1) is 5.56 Å². The van der Waals surface area contributed by atoms with Gasteiger partial charge in [-0.15, -0.1) is 0 Å². The highest BCUT2D eigenvalue weighted by Gasteiger charge is 2.21. The van der Waals surface area contributed by atoms with Gasteiger partial charge in [0.2, 0.25) is 5.03 Å². The zero-order valence-corrected chi connectivity index (χ0v) is 8.00. The molecule has 0 aliphatic rings. The molecule has 9 heteroatoms. The quantitative estimate of drug-likeness (QED) is 0.668. The summed E-state index contributed by atoms with van der Waals surface area (Å²) in [5, 5.41) is 12.8. The highest BCUT2D eigenvalue weighted by molar-refractivity contribution is 7.89. The number of nitrogens with two attached hydrogens (primary N) is 2. The number of hydrogen-bond donors (Lipinski definition) is 3. The fraction of sp³-hybridized carbons (Fsp3) is 0.167. The van der Waals surface area contributed by atoms with Crippen LogP contribution in [-0.4, -0.2) is 18.5 Å². The van der Waals surface area contributed by atoms with Crippen molar-refractivity contribution in [3.05, 3.63) is 11.6 Å². The largest absolute Gasteiger partial charge is 0.505 e. The van der Waals surface area contributed by atoms with E-state index in [1.54, 1.807) is 0 Å². The van der Waals surface area contributed by atoms with Crippen LogP contribution in [0.5, 0.6) is 5.75 Å². The fourth-order valence-electron chi connectivity index (χ4n) is 0.898. The van der Waals surface area contributed by atoms with Crippen molar-refractivity contribution >= 4 is 15.8 Å². The first-order valence-electron chi connectivity index (χ1n) is 3.54. The summed E-state index contributed by atoms with van der Waals surface area (Å²) in [5.74, 6) is -1.64. The first-order valence-corrected chi connectivity index (χ1v) is 5.08. The Balaban J connectivity index is 3.46. The van der Waals surface area contributed by atoms with Crippen LogP contribution < -0.4 is 10.9 Å². The molecule has 0 aliphatic carbocycles. The lowest BCUT2D eigenvalue weighted by atomic mass is 10.2. The molecule has 0 saturated carbocycles. The van der Waals surface area contributed by atoms with Gasteiger partial charge in [-0.2, -0.15) is 0 Å². The topological polar surface area (TPSA) is 119 Å². The fourth-order valence-corrected chi connectivity index (χ4v) is 1.47. The monoisotopic (exact) mass is 239 g/mol. The number of aromatic hydroxyl groups is 1. The molecule has 0 atom stereocenters. The van der Waals surface area contributed by atoms with Gasteiger partial charge in [0.15, 0.2) is 5.75 Å². The number of hydrogen-bond acceptors (Lipinski definition) is 5. The Labute approximate surface area is 83.6 Å². The van der Waals surface area contributed by atoms with Gasteiger partial charge in [0, 0.05) is 0 Å². The van der Waals surface area contributed by atoms with Gasteiger partial charge in [-0.25, -0.2) is 27.3 Å². The lowest BCUT2D eigenvalue weighted by Crippen LogP contribution is -2.15. The number of aromatic nitrogens is 1. The smallest absolute Gasteiger partial charge is 0.267 e. The van der Waals surface area contributed by atoms with Crippen LogP contribution in [0.4, 0.5) is 14.6 Å². The maximum atomic E-state index is 12.2. The Hall–Kier alpha value is -1.48. The van der Waals surface area contributed by atoms with E-state index in [-0.39, 0.29) is 0 Å². The Bertz CT molecular complexity index is 489. The highest BCUT2D eigenvalue weighted by atomic mass is 32.2. The summed E-state index contributed by atoms with van der Waals surface area (Å²) < 4.78 is 46.0. The second-order valence-electron chi connectivity index (χ2n) is 2.63. The molecular weight excluding hydrogens is 232 g/mol. The number of primary sulfonamides is 1. The third-order valence-electron chi connectivity index (χ3n) is 1.53. The lowest BCUT2D eigenvalue weighted by molar-refractivity contribution is 0.151. The van der Waals surface area contributed by atoms with Gasteiger partial charge >= 0.3 is 0 Å². The van der Waals surface area contributed by atoms with Crippen molar-refractivity contribution in [3.63, 3.8) is 0 Å². The Morgan fingerprint density at radius 2 is 2.00 bits per heavy atom. The number of nitrogen functional groups attached to an aromatic ring is 1. The molecule has 0 aliphatic heterocycles. The second kappa shape index (κ2) is 3.59. The Kier molecular flexibility index (Phi) is 2.77. The molecule has 5 N–H and O–H groups in total. The van der Waals surface area contributed by atoms with Crippen molar-refractivity contribution in [2.75, 3.05) is 5.73 Å². The van der Waals surface area contributed by atoms with Crippen LogP contribution in [0.2, 0.25) is 0 Å². The summed E-state index contributed by atoms with van der Waals surface area (Å²) in [6.07, 6.45) is -2.96. The number of halogens is 2.